The third kappa shape index (κ3) is 3.68. The molecule has 0 saturated carbocycles. The quantitative estimate of drug-likeness (QED) is 0.910. The zero-order valence-corrected chi connectivity index (χ0v) is 13.5. The Hall–Kier alpha value is -2.41. The molecular formula is C16H16FNO4S. The van der Waals surface area contributed by atoms with E-state index in [0.717, 1.165) is 6.07 Å². The maximum absolute atomic E-state index is 13.7. The molecule has 0 aliphatic carbocycles. The number of carbonyl (C=O) groups excluding carboxylic acids is 1. The van der Waals surface area contributed by atoms with Gasteiger partial charge in [-0.1, -0.05) is 19.1 Å². The minimum atomic E-state index is -3.54. The van der Waals surface area contributed by atoms with E-state index in [1.54, 1.807) is 12.1 Å². The highest BCUT2D eigenvalue weighted by molar-refractivity contribution is 7.91. The highest BCUT2D eigenvalue weighted by atomic mass is 32.2. The smallest absolute Gasteiger partial charge is 0.256 e. The van der Waals surface area contributed by atoms with Crippen LogP contribution in [0.5, 0.6) is 5.75 Å². The van der Waals surface area contributed by atoms with Crippen molar-refractivity contribution >= 4 is 21.4 Å². The monoisotopic (exact) mass is 337 g/mol. The van der Waals surface area contributed by atoms with Crippen LogP contribution in [0.2, 0.25) is 0 Å². The first kappa shape index (κ1) is 17.0. The summed E-state index contributed by atoms with van der Waals surface area (Å²) in [5.41, 5.74) is 0.225. The van der Waals surface area contributed by atoms with Crippen molar-refractivity contribution in [2.24, 2.45) is 0 Å². The van der Waals surface area contributed by atoms with E-state index in [-0.39, 0.29) is 27.6 Å². The summed E-state index contributed by atoms with van der Waals surface area (Å²) in [4.78, 5) is 12.3. The fourth-order valence-electron chi connectivity index (χ4n) is 2.02. The fraction of sp³-hybridized carbons (Fsp3) is 0.188. The minimum Gasteiger partial charge on any atom is -0.494 e. The molecule has 0 fully saturated rings. The third-order valence-corrected chi connectivity index (χ3v) is 5.04. The van der Waals surface area contributed by atoms with E-state index in [1.165, 1.54) is 38.3 Å². The standard InChI is InChI=1S/C16H16FNO4S/c1-3-23(20,21)15-7-5-4-6-12(15)16(19)18-11-8-9-14(22-2)13(17)10-11/h4-10H,3H2,1-2H3,(H,18,19). The molecule has 0 atom stereocenters. The summed E-state index contributed by atoms with van der Waals surface area (Å²) < 4.78 is 42.6. The fourth-order valence-corrected chi connectivity index (χ4v) is 3.12. The zero-order valence-electron chi connectivity index (χ0n) is 12.7. The summed E-state index contributed by atoms with van der Waals surface area (Å²) in [6.45, 7) is 1.50. The average molecular weight is 337 g/mol. The Morgan fingerprint density at radius 1 is 1.22 bits per heavy atom. The molecule has 23 heavy (non-hydrogen) atoms. The molecule has 7 heteroatoms. The molecule has 5 nitrogen and oxygen atoms in total. The van der Waals surface area contributed by atoms with E-state index in [1.807, 2.05) is 0 Å². The summed E-state index contributed by atoms with van der Waals surface area (Å²) in [7, 11) is -2.20. The lowest BCUT2D eigenvalue weighted by Gasteiger charge is -2.11. The summed E-state index contributed by atoms with van der Waals surface area (Å²) >= 11 is 0. The molecule has 0 radical (unpaired) electrons. The van der Waals surface area contributed by atoms with E-state index in [9.17, 15) is 17.6 Å². The van der Waals surface area contributed by atoms with E-state index in [0.29, 0.717) is 0 Å². The van der Waals surface area contributed by atoms with Crippen molar-refractivity contribution in [3.63, 3.8) is 0 Å². The molecule has 0 aliphatic rings. The predicted molar refractivity (Wildman–Crippen MR) is 85.1 cm³/mol. The summed E-state index contributed by atoms with van der Waals surface area (Å²) in [5.74, 6) is -1.31. The Balaban J connectivity index is 2.34. The number of benzene rings is 2. The van der Waals surface area contributed by atoms with Crippen LogP contribution in [0.1, 0.15) is 17.3 Å². The second-order valence-corrected chi connectivity index (χ2v) is 6.95. The van der Waals surface area contributed by atoms with Crippen molar-refractivity contribution in [2.75, 3.05) is 18.2 Å². The number of hydrogen-bond acceptors (Lipinski definition) is 4. The Labute approximate surface area is 134 Å². The van der Waals surface area contributed by atoms with Gasteiger partial charge >= 0.3 is 0 Å². The molecule has 1 N–H and O–H groups in total. The molecule has 2 aromatic carbocycles. The molecule has 0 aromatic heterocycles. The van der Waals surface area contributed by atoms with Crippen LogP contribution in [-0.4, -0.2) is 27.2 Å². The van der Waals surface area contributed by atoms with E-state index < -0.39 is 21.6 Å². The molecule has 122 valence electrons. The van der Waals surface area contributed by atoms with Crippen molar-refractivity contribution < 1.29 is 22.3 Å². The van der Waals surface area contributed by atoms with Crippen LogP contribution in [0.25, 0.3) is 0 Å². The highest BCUT2D eigenvalue weighted by Gasteiger charge is 2.20. The number of hydrogen-bond donors (Lipinski definition) is 1. The van der Waals surface area contributed by atoms with Gasteiger partial charge in [0.05, 0.1) is 23.3 Å². The second kappa shape index (κ2) is 6.78. The SMILES string of the molecule is CCS(=O)(=O)c1ccccc1C(=O)Nc1ccc(OC)c(F)c1. The first-order chi connectivity index (χ1) is 10.9. The van der Waals surface area contributed by atoms with Crippen LogP contribution in [0.4, 0.5) is 10.1 Å². The minimum absolute atomic E-state index is 0.0191. The molecule has 0 bridgehead atoms. The molecule has 0 saturated heterocycles. The summed E-state index contributed by atoms with van der Waals surface area (Å²) in [6, 6.07) is 9.86. The van der Waals surface area contributed by atoms with Gasteiger partial charge in [-0.25, -0.2) is 12.8 Å². The molecule has 0 heterocycles. The lowest BCUT2D eigenvalue weighted by molar-refractivity contribution is 0.102. The maximum atomic E-state index is 13.7. The molecule has 0 unspecified atom stereocenters. The second-order valence-electron chi connectivity index (χ2n) is 4.70. The predicted octanol–water partition coefficient (Wildman–Crippen LogP) is 2.88. The molecule has 2 aromatic rings. The van der Waals surface area contributed by atoms with Gasteiger partial charge in [0, 0.05) is 11.8 Å². The number of amides is 1. The van der Waals surface area contributed by atoms with E-state index in [2.05, 4.69) is 5.32 Å². The third-order valence-electron chi connectivity index (χ3n) is 3.26. The van der Waals surface area contributed by atoms with Crippen LogP contribution < -0.4 is 10.1 Å². The molecule has 0 aliphatic heterocycles. The first-order valence-corrected chi connectivity index (χ1v) is 8.51. The number of nitrogens with one attached hydrogen (secondary N) is 1. The average Bonchev–Trinajstić information content (AvgIpc) is 2.55. The van der Waals surface area contributed by atoms with Crippen LogP contribution in [-0.2, 0) is 9.84 Å². The Kier molecular flexibility index (Phi) is 5.00. The Bertz CT molecular complexity index is 834. The topological polar surface area (TPSA) is 72.5 Å². The normalized spacial score (nSPS) is 11.1. The van der Waals surface area contributed by atoms with Crippen LogP contribution in [0.3, 0.4) is 0 Å². The van der Waals surface area contributed by atoms with E-state index >= 15 is 0 Å². The van der Waals surface area contributed by atoms with Crippen LogP contribution in [0, 0.1) is 5.82 Å². The van der Waals surface area contributed by atoms with Crippen molar-refractivity contribution in [1.82, 2.24) is 0 Å². The number of sulfone groups is 1. The Morgan fingerprint density at radius 3 is 2.52 bits per heavy atom. The number of ether oxygens (including phenoxy) is 1. The lowest BCUT2D eigenvalue weighted by atomic mass is 10.2. The number of rotatable bonds is 5. The Morgan fingerprint density at radius 2 is 1.91 bits per heavy atom. The van der Waals surface area contributed by atoms with Gasteiger partial charge in [-0.05, 0) is 24.3 Å². The van der Waals surface area contributed by atoms with Crippen LogP contribution in [0.15, 0.2) is 47.4 Å². The van der Waals surface area contributed by atoms with Gasteiger partial charge in [0.15, 0.2) is 21.4 Å². The van der Waals surface area contributed by atoms with Crippen molar-refractivity contribution in [1.29, 1.82) is 0 Å². The lowest BCUT2D eigenvalue weighted by Crippen LogP contribution is -2.17. The number of methoxy groups -OCH3 is 1. The van der Waals surface area contributed by atoms with Crippen molar-refractivity contribution in [2.45, 2.75) is 11.8 Å². The molecule has 1 amide bonds. The van der Waals surface area contributed by atoms with Gasteiger partial charge < -0.3 is 10.1 Å². The zero-order chi connectivity index (χ0) is 17.0. The van der Waals surface area contributed by atoms with Crippen LogP contribution >= 0.6 is 0 Å². The van der Waals surface area contributed by atoms with Gasteiger partial charge in [-0.2, -0.15) is 0 Å². The number of halogens is 1. The van der Waals surface area contributed by atoms with Gasteiger partial charge in [-0.3, -0.25) is 4.79 Å². The molecular weight excluding hydrogens is 321 g/mol. The highest BCUT2D eigenvalue weighted by Crippen LogP contribution is 2.22. The largest absolute Gasteiger partial charge is 0.494 e. The summed E-state index contributed by atoms with van der Waals surface area (Å²) in [5, 5.41) is 2.49. The number of anilines is 1. The molecule has 2 rings (SSSR count). The molecule has 0 spiro atoms. The maximum Gasteiger partial charge on any atom is 0.256 e. The first-order valence-electron chi connectivity index (χ1n) is 6.85. The van der Waals surface area contributed by atoms with Crippen molar-refractivity contribution in [3.8, 4) is 5.75 Å². The number of carbonyl (C=O) groups is 1. The summed E-state index contributed by atoms with van der Waals surface area (Å²) in [6.07, 6.45) is 0. The van der Waals surface area contributed by atoms with Gasteiger partial charge in [-0.15, -0.1) is 0 Å². The van der Waals surface area contributed by atoms with E-state index in [4.69, 9.17) is 4.74 Å². The van der Waals surface area contributed by atoms with Crippen molar-refractivity contribution in [3.05, 3.63) is 53.8 Å². The van der Waals surface area contributed by atoms with Gasteiger partial charge in [0.25, 0.3) is 5.91 Å². The van der Waals surface area contributed by atoms with Gasteiger partial charge in [0.1, 0.15) is 0 Å². The van der Waals surface area contributed by atoms with Gasteiger partial charge in [0.2, 0.25) is 0 Å².